The number of hydrogen-bond donors (Lipinski definition) is 1. The van der Waals surface area contributed by atoms with E-state index in [9.17, 15) is 19.5 Å². The second-order valence-electron chi connectivity index (χ2n) is 4.57. The van der Waals surface area contributed by atoms with Gasteiger partial charge in [-0.25, -0.2) is 0 Å². The van der Waals surface area contributed by atoms with Crippen molar-refractivity contribution in [1.29, 1.82) is 0 Å². The van der Waals surface area contributed by atoms with Gasteiger partial charge in [-0.15, -0.1) is 0 Å². The fourth-order valence-corrected chi connectivity index (χ4v) is 3.15. The lowest BCUT2D eigenvalue weighted by molar-refractivity contribution is -0.384. The zero-order valence-corrected chi connectivity index (χ0v) is 13.0. The number of benzene rings is 1. The highest BCUT2D eigenvalue weighted by atomic mass is 31.2. The third kappa shape index (κ3) is 6.06. The first kappa shape index (κ1) is 17.3. The second-order valence-corrected chi connectivity index (χ2v) is 7.30. The van der Waals surface area contributed by atoms with Crippen molar-refractivity contribution in [1.82, 2.24) is 5.32 Å². The Labute approximate surface area is 123 Å². The maximum absolute atomic E-state index is 11.8. The molecule has 1 unspecified atom stereocenters. The van der Waals surface area contributed by atoms with Gasteiger partial charge in [-0.1, -0.05) is 0 Å². The van der Waals surface area contributed by atoms with Crippen molar-refractivity contribution >= 4 is 19.0 Å². The molecule has 0 spiro atoms. The number of amides is 1. The van der Waals surface area contributed by atoms with Crippen LogP contribution >= 0.6 is 7.37 Å². The van der Waals surface area contributed by atoms with E-state index >= 15 is 0 Å². The predicted octanol–water partition coefficient (Wildman–Crippen LogP) is 2.66. The van der Waals surface area contributed by atoms with Crippen LogP contribution in [0.15, 0.2) is 24.3 Å². The fraction of sp³-hybridized carbons (Fsp3) is 0.462. The molecule has 1 rings (SSSR count). The zero-order chi connectivity index (χ0) is 15.9. The molecule has 8 heteroatoms. The molecule has 0 aromatic heterocycles. The Morgan fingerprint density at radius 3 is 2.52 bits per heavy atom. The van der Waals surface area contributed by atoms with Crippen LogP contribution in [0.4, 0.5) is 5.69 Å². The summed E-state index contributed by atoms with van der Waals surface area (Å²) < 4.78 is 17.0. The van der Waals surface area contributed by atoms with E-state index in [1.165, 1.54) is 24.3 Å². The highest BCUT2D eigenvalue weighted by molar-refractivity contribution is 7.58. The van der Waals surface area contributed by atoms with E-state index in [0.717, 1.165) is 0 Å². The maximum Gasteiger partial charge on any atom is 0.269 e. The molecule has 0 bridgehead atoms. The summed E-state index contributed by atoms with van der Waals surface area (Å²) in [4.78, 5) is 21.8. The molecule has 0 heterocycles. The van der Waals surface area contributed by atoms with Crippen LogP contribution in [0.1, 0.15) is 23.7 Å². The van der Waals surface area contributed by atoms with Crippen LogP contribution in [0.5, 0.6) is 0 Å². The van der Waals surface area contributed by atoms with Crippen molar-refractivity contribution < 1.29 is 18.8 Å². The van der Waals surface area contributed by atoms with Gasteiger partial charge in [0.1, 0.15) is 0 Å². The van der Waals surface area contributed by atoms with Gasteiger partial charge in [-0.05, 0) is 25.5 Å². The highest BCUT2D eigenvalue weighted by Gasteiger charge is 2.14. The molecular formula is C13H19N2O5P. The highest BCUT2D eigenvalue weighted by Crippen LogP contribution is 2.42. The maximum atomic E-state index is 11.8. The molecule has 116 valence electrons. The summed E-state index contributed by atoms with van der Waals surface area (Å²) in [6, 6.07) is 5.37. The molecule has 0 saturated carbocycles. The van der Waals surface area contributed by atoms with Crippen LogP contribution in [0.2, 0.25) is 0 Å². The molecule has 1 aromatic rings. The quantitative estimate of drug-likeness (QED) is 0.344. The van der Waals surface area contributed by atoms with Crippen LogP contribution in [-0.2, 0) is 9.09 Å². The summed E-state index contributed by atoms with van der Waals surface area (Å²) in [5.41, 5.74) is 0.292. The largest absolute Gasteiger partial charge is 0.352 e. The van der Waals surface area contributed by atoms with Gasteiger partial charge in [0, 0.05) is 37.1 Å². The molecule has 0 radical (unpaired) electrons. The third-order valence-electron chi connectivity index (χ3n) is 2.77. The third-order valence-corrected chi connectivity index (χ3v) is 4.70. The van der Waals surface area contributed by atoms with Gasteiger partial charge in [-0.2, -0.15) is 0 Å². The Hall–Kier alpha value is -1.72. The van der Waals surface area contributed by atoms with Crippen molar-refractivity contribution in [2.24, 2.45) is 0 Å². The summed E-state index contributed by atoms with van der Waals surface area (Å²) in [5, 5.41) is 13.2. The summed E-state index contributed by atoms with van der Waals surface area (Å²) in [7, 11) is -2.57. The predicted molar refractivity (Wildman–Crippen MR) is 80.1 cm³/mol. The van der Waals surface area contributed by atoms with E-state index in [-0.39, 0.29) is 11.6 Å². The van der Waals surface area contributed by atoms with E-state index < -0.39 is 12.3 Å². The van der Waals surface area contributed by atoms with Crippen LogP contribution in [-0.4, -0.2) is 36.8 Å². The van der Waals surface area contributed by atoms with E-state index in [0.29, 0.717) is 31.3 Å². The Kier molecular flexibility index (Phi) is 6.52. The average molecular weight is 314 g/mol. The van der Waals surface area contributed by atoms with Gasteiger partial charge >= 0.3 is 0 Å². The minimum absolute atomic E-state index is 0.0600. The molecule has 1 amide bonds. The van der Waals surface area contributed by atoms with Gasteiger partial charge in [0.15, 0.2) is 7.37 Å². The van der Waals surface area contributed by atoms with E-state index in [1.807, 2.05) is 0 Å². The summed E-state index contributed by atoms with van der Waals surface area (Å²) >= 11 is 0. The normalized spacial score (nSPS) is 13.4. The lowest BCUT2D eigenvalue weighted by Gasteiger charge is -2.12. The summed E-state index contributed by atoms with van der Waals surface area (Å²) in [6.07, 6.45) is 0.952. The second kappa shape index (κ2) is 7.90. The molecule has 0 fully saturated rings. The number of non-ortho nitro benzene ring substituents is 1. The Bertz CT molecular complexity index is 544. The van der Waals surface area contributed by atoms with E-state index in [4.69, 9.17) is 4.52 Å². The van der Waals surface area contributed by atoms with Crippen molar-refractivity contribution in [3.8, 4) is 0 Å². The number of nitro groups is 1. The smallest absolute Gasteiger partial charge is 0.269 e. The molecule has 0 aliphatic heterocycles. The van der Waals surface area contributed by atoms with Gasteiger partial charge < -0.3 is 9.84 Å². The SMILES string of the molecule is CCOP(C)(=O)CCCNC(=O)c1ccc([N+](=O)[O-])cc1. The van der Waals surface area contributed by atoms with Crippen LogP contribution in [0, 0.1) is 10.1 Å². The van der Waals surface area contributed by atoms with Gasteiger partial charge in [-0.3, -0.25) is 19.5 Å². The number of nitro benzene ring substituents is 1. The standard InChI is InChI=1S/C13H19N2O5P/c1-3-20-21(2,19)10-4-9-14-13(16)11-5-7-12(8-6-11)15(17)18/h5-8H,3-4,9-10H2,1-2H3,(H,14,16). The number of rotatable bonds is 8. The number of carbonyl (C=O) groups is 1. The molecule has 0 saturated heterocycles. The number of hydrogen-bond acceptors (Lipinski definition) is 5. The number of nitrogens with one attached hydrogen (secondary N) is 1. The molecule has 0 aliphatic carbocycles. The lowest BCUT2D eigenvalue weighted by Crippen LogP contribution is -2.25. The summed E-state index contributed by atoms with van der Waals surface area (Å²) in [6.45, 7) is 4.14. The zero-order valence-electron chi connectivity index (χ0n) is 12.1. The first-order chi connectivity index (χ1) is 9.85. The van der Waals surface area contributed by atoms with Gasteiger partial charge in [0.25, 0.3) is 11.6 Å². The molecule has 0 aliphatic rings. The molecular weight excluding hydrogens is 295 g/mol. The van der Waals surface area contributed by atoms with Crippen molar-refractivity contribution in [2.45, 2.75) is 13.3 Å². The van der Waals surface area contributed by atoms with Crippen molar-refractivity contribution in [2.75, 3.05) is 26.0 Å². The average Bonchev–Trinajstić information content (AvgIpc) is 2.43. The lowest BCUT2D eigenvalue weighted by atomic mass is 10.2. The number of carbonyl (C=O) groups excluding carboxylic acids is 1. The fourth-order valence-electron chi connectivity index (χ4n) is 1.74. The van der Waals surface area contributed by atoms with Crippen LogP contribution < -0.4 is 5.32 Å². The van der Waals surface area contributed by atoms with Crippen LogP contribution in [0.3, 0.4) is 0 Å². The van der Waals surface area contributed by atoms with Gasteiger partial charge in [0.05, 0.1) is 11.5 Å². The molecule has 1 aromatic carbocycles. The summed E-state index contributed by atoms with van der Waals surface area (Å²) in [5.74, 6) is -0.313. The Morgan fingerprint density at radius 1 is 1.38 bits per heavy atom. The first-order valence-corrected chi connectivity index (χ1v) is 8.85. The minimum atomic E-state index is -2.57. The van der Waals surface area contributed by atoms with E-state index in [1.54, 1.807) is 13.6 Å². The Morgan fingerprint density at radius 2 is 2.00 bits per heavy atom. The number of nitrogens with zero attached hydrogens (tertiary/aromatic N) is 1. The molecule has 21 heavy (non-hydrogen) atoms. The van der Waals surface area contributed by atoms with Crippen LogP contribution in [0.25, 0.3) is 0 Å². The molecule has 1 N–H and O–H groups in total. The monoisotopic (exact) mass is 314 g/mol. The molecule has 1 atom stereocenters. The first-order valence-electron chi connectivity index (χ1n) is 6.59. The van der Waals surface area contributed by atoms with Crippen molar-refractivity contribution in [3.63, 3.8) is 0 Å². The van der Waals surface area contributed by atoms with Gasteiger partial charge in [0.2, 0.25) is 0 Å². The topological polar surface area (TPSA) is 98.5 Å². The minimum Gasteiger partial charge on any atom is -0.352 e. The Balaban J connectivity index is 2.40. The molecule has 7 nitrogen and oxygen atoms in total. The van der Waals surface area contributed by atoms with Crippen molar-refractivity contribution in [3.05, 3.63) is 39.9 Å². The van der Waals surface area contributed by atoms with E-state index in [2.05, 4.69) is 5.32 Å².